The molecule has 1 aromatic heterocycles. The molecule has 3 heterocycles. The van der Waals surface area contributed by atoms with Crippen LogP contribution in [0.4, 0.5) is 0 Å². The van der Waals surface area contributed by atoms with Gasteiger partial charge in [-0.05, 0) is 39.0 Å². The van der Waals surface area contributed by atoms with Gasteiger partial charge in [0.25, 0.3) is 0 Å². The van der Waals surface area contributed by atoms with Gasteiger partial charge in [0.05, 0.1) is 0 Å². The van der Waals surface area contributed by atoms with Crippen molar-refractivity contribution in [3.8, 4) is 0 Å². The molecule has 2 aliphatic rings. The quantitative estimate of drug-likeness (QED) is 0.433. The van der Waals surface area contributed by atoms with Crippen molar-refractivity contribution in [2.75, 3.05) is 26.7 Å². The molecule has 1 saturated heterocycles. The van der Waals surface area contributed by atoms with E-state index in [1.807, 2.05) is 11.6 Å². The molecule has 2 atom stereocenters. The summed E-state index contributed by atoms with van der Waals surface area (Å²) in [7, 11) is 1.81. The number of nitrogens with one attached hydrogen (secondary N) is 2. The van der Waals surface area contributed by atoms with Crippen molar-refractivity contribution in [1.29, 1.82) is 0 Å². The molecule has 0 spiro atoms. The van der Waals surface area contributed by atoms with E-state index in [0.29, 0.717) is 24.5 Å². The second-order valence-corrected chi connectivity index (χ2v) is 8.16. The first-order chi connectivity index (χ1) is 13.0. The standard InChI is InChI=1S/C19H35N7O/c1-14(2)24-12-15(3)16(13-24)22-18(20-4)21-9-7-11-26-19(27)25-10-6-5-8-17(25)23-26/h14-16H,5-13H2,1-4H3,(H2,20,21,22). The lowest BCUT2D eigenvalue weighted by Crippen LogP contribution is -2.47. The van der Waals surface area contributed by atoms with E-state index in [4.69, 9.17) is 0 Å². The predicted octanol–water partition coefficient (Wildman–Crippen LogP) is 0.665. The zero-order valence-corrected chi connectivity index (χ0v) is 17.2. The van der Waals surface area contributed by atoms with Crippen LogP contribution in [-0.2, 0) is 19.5 Å². The van der Waals surface area contributed by atoms with Gasteiger partial charge in [-0.25, -0.2) is 9.48 Å². The molecule has 0 bridgehead atoms. The molecule has 0 saturated carbocycles. The molecule has 1 fully saturated rings. The third kappa shape index (κ3) is 4.72. The van der Waals surface area contributed by atoms with Crippen LogP contribution in [-0.4, -0.2) is 64.0 Å². The summed E-state index contributed by atoms with van der Waals surface area (Å²) in [5.74, 6) is 2.39. The molecule has 2 N–H and O–H groups in total. The van der Waals surface area contributed by atoms with Crippen LogP contribution in [0.2, 0.25) is 0 Å². The van der Waals surface area contributed by atoms with Crippen molar-refractivity contribution >= 4 is 5.96 Å². The summed E-state index contributed by atoms with van der Waals surface area (Å²) >= 11 is 0. The topological polar surface area (TPSA) is 79.5 Å². The summed E-state index contributed by atoms with van der Waals surface area (Å²) in [6, 6.07) is 0.995. The minimum atomic E-state index is 0.0424. The van der Waals surface area contributed by atoms with E-state index in [0.717, 1.165) is 63.6 Å². The Balaban J connectivity index is 1.44. The minimum Gasteiger partial charge on any atom is -0.356 e. The zero-order chi connectivity index (χ0) is 19.4. The molecule has 2 aliphatic heterocycles. The number of aliphatic imine (C=N–C) groups is 1. The van der Waals surface area contributed by atoms with E-state index in [1.54, 1.807) is 4.68 Å². The number of fused-ring (bicyclic) bond motifs is 1. The summed E-state index contributed by atoms with van der Waals surface area (Å²) in [6.07, 6.45) is 3.98. The van der Waals surface area contributed by atoms with Crippen molar-refractivity contribution in [2.24, 2.45) is 10.9 Å². The van der Waals surface area contributed by atoms with Gasteiger partial charge in [0.1, 0.15) is 5.82 Å². The maximum atomic E-state index is 12.4. The third-order valence-electron chi connectivity index (χ3n) is 5.79. The van der Waals surface area contributed by atoms with Crippen LogP contribution >= 0.6 is 0 Å². The van der Waals surface area contributed by atoms with E-state index >= 15 is 0 Å². The van der Waals surface area contributed by atoms with Crippen LogP contribution in [0.5, 0.6) is 0 Å². The highest BCUT2D eigenvalue weighted by atomic mass is 16.2. The van der Waals surface area contributed by atoms with Crippen LogP contribution in [0.1, 0.15) is 45.9 Å². The van der Waals surface area contributed by atoms with Gasteiger partial charge in [0, 0.05) is 58.3 Å². The van der Waals surface area contributed by atoms with E-state index in [-0.39, 0.29) is 5.69 Å². The summed E-state index contributed by atoms with van der Waals surface area (Å²) in [5, 5.41) is 11.4. The van der Waals surface area contributed by atoms with Crippen LogP contribution in [0.3, 0.4) is 0 Å². The molecule has 0 aliphatic carbocycles. The average molecular weight is 378 g/mol. The Bertz CT molecular complexity index is 705. The summed E-state index contributed by atoms with van der Waals surface area (Å²) in [4.78, 5) is 19.2. The van der Waals surface area contributed by atoms with Crippen molar-refractivity contribution < 1.29 is 0 Å². The number of rotatable bonds is 6. The number of nitrogens with zero attached hydrogens (tertiary/aromatic N) is 5. The van der Waals surface area contributed by atoms with Gasteiger partial charge in [-0.3, -0.25) is 14.5 Å². The van der Waals surface area contributed by atoms with Crippen molar-refractivity contribution in [1.82, 2.24) is 29.9 Å². The number of guanidine groups is 1. The number of hydrogen-bond donors (Lipinski definition) is 2. The maximum Gasteiger partial charge on any atom is 0.345 e. The fraction of sp³-hybridized carbons (Fsp3) is 0.842. The Labute approximate surface area is 162 Å². The molecule has 2 unspecified atom stereocenters. The monoisotopic (exact) mass is 377 g/mol. The van der Waals surface area contributed by atoms with Gasteiger partial charge < -0.3 is 10.6 Å². The smallest absolute Gasteiger partial charge is 0.345 e. The van der Waals surface area contributed by atoms with Gasteiger partial charge in [0.2, 0.25) is 0 Å². The number of hydrogen-bond acceptors (Lipinski definition) is 4. The van der Waals surface area contributed by atoms with Crippen LogP contribution in [0.15, 0.2) is 9.79 Å². The molecule has 0 aromatic carbocycles. The van der Waals surface area contributed by atoms with E-state index in [2.05, 4.69) is 46.4 Å². The lowest BCUT2D eigenvalue weighted by Gasteiger charge is -2.21. The van der Waals surface area contributed by atoms with Gasteiger partial charge in [-0.15, -0.1) is 0 Å². The summed E-state index contributed by atoms with van der Waals surface area (Å²) in [5.41, 5.74) is 0.0424. The fourth-order valence-electron chi connectivity index (χ4n) is 4.01. The molecular weight excluding hydrogens is 342 g/mol. The predicted molar refractivity (Wildman–Crippen MR) is 108 cm³/mol. The first-order valence-corrected chi connectivity index (χ1v) is 10.4. The highest BCUT2D eigenvalue weighted by Gasteiger charge is 2.31. The summed E-state index contributed by atoms with van der Waals surface area (Å²) < 4.78 is 3.46. The van der Waals surface area contributed by atoms with Crippen molar-refractivity contribution in [3.63, 3.8) is 0 Å². The van der Waals surface area contributed by atoms with Gasteiger partial charge in [-0.1, -0.05) is 6.92 Å². The Kier molecular flexibility index (Phi) is 6.57. The zero-order valence-electron chi connectivity index (χ0n) is 17.2. The molecular formula is C19H35N7O. The van der Waals surface area contributed by atoms with Gasteiger partial charge >= 0.3 is 5.69 Å². The molecule has 3 rings (SSSR count). The van der Waals surface area contributed by atoms with E-state index in [9.17, 15) is 4.79 Å². The fourth-order valence-corrected chi connectivity index (χ4v) is 4.01. The van der Waals surface area contributed by atoms with Crippen molar-refractivity contribution in [3.05, 3.63) is 16.3 Å². The lowest BCUT2D eigenvalue weighted by molar-refractivity contribution is 0.265. The van der Waals surface area contributed by atoms with Crippen LogP contribution in [0, 0.1) is 5.92 Å². The first kappa shape index (κ1) is 19.9. The van der Waals surface area contributed by atoms with Crippen LogP contribution < -0.4 is 16.3 Å². The lowest BCUT2D eigenvalue weighted by atomic mass is 10.1. The third-order valence-corrected chi connectivity index (χ3v) is 5.79. The minimum absolute atomic E-state index is 0.0424. The molecule has 0 amide bonds. The number of aromatic nitrogens is 3. The SMILES string of the molecule is CN=C(NCCCn1nc2n(c1=O)CCCC2)NC1CN(C(C)C)CC1C. The van der Waals surface area contributed by atoms with Gasteiger partial charge in [-0.2, -0.15) is 5.10 Å². The number of aryl methyl sites for hydroxylation is 2. The van der Waals surface area contributed by atoms with E-state index < -0.39 is 0 Å². The normalized spacial score (nSPS) is 23.7. The molecule has 1 aromatic rings. The second-order valence-electron chi connectivity index (χ2n) is 8.16. The second kappa shape index (κ2) is 8.91. The highest BCUT2D eigenvalue weighted by Crippen LogP contribution is 2.18. The maximum absolute atomic E-state index is 12.4. The Morgan fingerprint density at radius 1 is 1.33 bits per heavy atom. The Morgan fingerprint density at radius 2 is 2.15 bits per heavy atom. The average Bonchev–Trinajstić information content (AvgIpc) is 3.18. The highest BCUT2D eigenvalue weighted by molar-refractivity contribution is 5.80. The van der Waals surface area contributed by atoms with Crippen molar-refractivity contribution in [2.45, 2.75) is 71.6 Å². The molecule has 27 heavy (non-hydrogen) atoms. The summed E-state index contributed by atoms with van der Waals surface area (Å²) in [6.45, 7) is 11.2. The van der Waals surface area contributed by atoms with Gasteiger partial charge in [0.15, 0.2) is 5.96 Å². The van der Waals surface area contributed by atoms with Crippen LogP contribution in [0.25, 0.3) is 0 Å². The molecule has 0 radical (unpaired) electrons. The number of likely N-dealkylation sites (tertiary alicyclic amines) is 1. The Morgan fingerprint density at radius 3 is 2.81 bits per heavy atom. The largest absolute Gasteiger partial charge is 0.356 e. The molecule has 8 heteroatoms. The molecule has 8 nitrogen and oxygen atoms in total. The van der Waals surface area contributed by atoms with E-state index in [1.165, 1.54) is 0 Å². The first-order valence-electron chi connectivity index (χ1n) is 10.4. The Hall–Kier alpha value is -1.83. The molecule has 152 valence electrons.